The zero-order valence-electron chi connectivity index (χ0n) is 9.29. The maximum Gasteiger partial charge on any atom is 0.573 e. The third-order valence-corrected chi connectivity index (χ3v) is 2.36. The first-order valence-corrected chi connectivity index (χ1v) is 5.39. The first-order valence-electron chi connectivity index (χ1n) is 4.86. The second-order valence-corrected chi connectivity index (χ2v) is 3.75. The van der Waals surface area contributed by atoms with E-state index in [1.165, 1.54) is 0 Å². The van der Waals surface area contributed by atoms with Crippen LogP contribution in [0.4, 0.5) is 13.2 Å². The van der Waals surface area contributed by atoms with Crippen LogP contribution in [0.25, 0.3) is 0 Å². The Hall–Kier alpha value is -1.94. The van der Waals surface area contributed by atoms with Crippen LogP contribution in [0.1, 0.15) is 16.7 Å². The number of carboxylic acids is 1. The van der Waals surface area contributed by atoms with Gasteiger partial charge in [0.05, 0.1) is 23.9 Å². The molecular formula is C11H7ClF3NO3. The van der Waals surface area contributed by atoms with E-state index in [2.05, 4.69) is 4.74 Å². The smallest absolute Gasteiger partial charge is 0.481 e. The van der Waals surface area contributed by atoms with Crippen LogP contribution >= 0.6 is 11.6 Å². The Kier molecular flexibility index (Phi) is 4.62. The van der Waals surface area contributed by atoms with Crippen molar-refractivity contribution in [3.63, 3.8) is 0 Å². The molecule has 0 fully saturated rings. The van der Waals surface area contributed by atoms with E-state index in [-0.39, 0.29) is 22.6 Å². The number of carbonyl (C=O) groups is 1. The molecule has 19 heavy (non-hydrogen) atoms. The average molecular weight is 294 g/mol. The van der Waals surface area contributed by atoms with Gasteiger partial charge in [0.25, 0.3) is 0 Å². The van der Waals surface area contributed by atoms with Crippen LogP contribution in [0.15, 0.2) is 12.1 Å². The van der Waals surface area contributed by atoms with Gasteiger partial charge in [-0.05, 0) is 12.1 Å². The standard InChI is InChI=1S/C11H7ClF3NO3/c12-4-8-2-6(5-16)1-7(3-9(17)18)10(8)19-11(13,14)15/h1-2H,3-4H2,(H,17,18). The van der Waals surface area contributed by atoms with Crippen molar-refractivity contribution in [3.8, 4) is 11.8 Å². The van der Waals surface area contributed by atoms with Crippen LogP contribution in [0, 0.1) is 11.3 Å². The van der Waals surface area contributed by atoms with E-state index in [9.17, 15) is 18.0 Å². The zero-order chi connectivity index (χ0) is 14.6. The number of nitriles is 1. The van der Waals surface area contributed by atoms with Gasteiger partial charge in [-0.1, -0.05) is 0 Å². The summed E-state index contributed by atoms with van der Waals surface area (Å²) >= 11 is 5.49. The zero-order valence-corrected chi connectivity index (χ0v) is 10.0. The molecule has 0 saturated heterocycles. The number of aliphatic carboxylic acids is 1. The molecule has 4 nitrogen and oxygen atoms in total. The number of hydrogen-bond donors (Lipinski definition) is 1. The number of hydrogen-bond acceptors (Lipinski definition) is 3. The minimum Gasteiger partial charge on any atom is -0.481 e. The molecule has 0 bridgehead atoms. The van der Waals surface area contributed by atoms with Gasteiger partial charge in [0, 0.05) is 11.1 Å². The predicted molar refractivity (Wildman–Crippen MR) is 58.7 cm³/mol. The number of alkyl halides is 4. The quantitative estimate of drug-likeness (QED) is 0.867. The second kappa shape index (κ2) is 5.80. The maximum absolute atomic E-state index is 12.3. The van der Waals surface area contributed by atoms with E-state index < -0.39 is 24.5 Å². The molecule has 1 aromatic rings. The Bertz CT molecular complexity index is 537. The van der Waals surface area contributed by atoms with E-state index in [0.29, 0.717) is 0 Å². The topological polar surface area (TPSA) is 70.3 Å². The number of carboxylic acid groups (broad SMARTS) is 1. The third-order valence-electron chi connectivity index (χ3n) is 2.08. The molecule has 0 spiro atoms. The van der Waals surface area contributed by atoms with Gasteiger partial charge < -0.3 is 9.84 Å². The Morgan fingerprint density at radius 1 is 1.42 bits per heavy atom. The third kappa shape index (κ3) is 4.34. The Labute approximate surface area is 111 Å². The van der Waals surface area contributed by atoms with Crippen LogP contribution < -0.4 is 4.74 Å². The Balaban J connectivity index is 3.37. The first-order chi connectivity index (χ1) is 8.76. The minimum absolute atomic E-state index is 0.0152. The van der Waals surface area contributed by atoms with E-state index in [0.717, 1.165) is 12.1 Å². The summed E-state index contributed by atoms with van der Waals surface area (Å²) in [4.78, 5) is 10.6. The molecular weight excluding hydrogens is 287 g/mol. The molecule has 102 valence electrons. The van der Waals surface area contributed by atoms with Crippen molar-refractivity contribution in [3.05, 3.63) is 28.8 Å². The fourth-order valence-corrected chi connectivity index (χ4v) is 1.66. The van der Waals surface area contributed by atoms with Gasteiger partial charge in [0.1, 0.15) is 5.75 Å². The summed E-state index contributed by atoms with van der Waals surface area (Å²) in [6.45, 7) is 0. The highest BCUT2D eigenvalue weighted by Crippen LogP contribution is 2.32. The van der Waals surface area contributed by atoms with Gasteiger partial charge in [0.2, 0.25) is 0 Å². The van der Waals surface area contributed by atoms with Crippen molar-refractivity contribution in [2.24, 2.45) is 0 Å². The summed E-state index contributed by atoms with van der Waals surface area (Å²) in [5.74, 6) is -2.35. The largest absolute Gasteiger partial charge is 0.573 e. The van der Waals surface area contributed by atoms with Crippen LogP contribution in [0.5, 0.6) is 5.75 Å². The van der Waals surface area contributed by atoms with Crippen molar-refractivity contribution >= 4 is 17.6 Å². The summed E-state index contributed by atoms with van der Waals surface area (Å²) in [5, 5.41) is 17.4. The fraction of sp³-hybridized carbons (Fsp3) is 0.273. The number of rotatable bonds is 4. The van der Waals surface area contributed by atoms with Crippen molar-refractivity contribution in [2.75, 3.05) is 0 Å². The molecule has 0 atom stereocenters. The van der Waals surface area contributed by atoms with Crippen LogP contribution in [0.2, 0.25) is 0 Å². The van der Waals surface area contributed by atoms with E-state index >= 15 is 0 Å². The fourth-order valence-electron chi connectivity index (χ4n) is 1.46. The van der Waals surface area contributed by atoms with Crippen LogP contribution in [-0.4, -0.2) is 17.4 Å². The molecule has 0 aliphatic carbocycles. The van der Waals surface area contributed by atoms with Gasteiger partial charge in [-0.25, -0.2) is 0 Å². The number of halogens is 4. The van der Waals surface area contributed by atoms with Gasteiger partial charge in [-0.2, -0.15) is 5.26 Å². The van der Waals surface area contributed by atoms with Crippen molar-refractivity contribution < 1.29 is 27.8 Å². The summed E-state index contributed by atoms with van der Waals surface area (Å²) in [6.07, 6.45) is -5.67. The van der Waals surface area contributed by atoms with Crippen molar-refractivity contribution in [1.29, 1.82) is 5.26 Å². The lowest BCUT2D eigenvalue weighted by Crippen LogP contribution is -2.20. The highest BCUT2D eigenvalue weighted by atomic mass is 35.5. The molecule has 0 heterocycles. The van der Waals surface area contributed by atoms with E-state index in [4.69, 9.17) is 22.0 Å². The number of benzene rings is 1. The van der Waals surface area contributed by atoms with Gasteiger partial charge in [-0.3, -0.25) is 4.79 Å². The highest BCUT2D eigenvalue weighted by molar-refractivity contribution is 6.17. The minimum atomic E-state index is -4.97. The lowest BCUT2D eigenvalue weighted by Gasteiger charge is -2.16. The van der Waals surface area contributed by atoms with Gasteiger partial charge in [-0.15, -0.1) is 24.8 Å². The van der Waals surface area contributed by atoms with Crippen molar-refractivity contribution in [1.82, 2.24) is 0 Å². The van der Waals surface area contributed by atoms with Crippen LogP contribution in [0.3, 0.4) is 0 Å². The van der Waals surface area contributed by atoms with E-state index in [1.54, 1.807) is 6.07 Å². The first kappa shape index (κ1) is 15.1. The molecule has 0 aliphatic rings. The summed E-state index contributed by atoms with van der Waals surface area (Å²) in [6, 6.07) is 3.87. The SMILES string of the molecule is N#Cc1cc(CCl)c(OC(F)(F)F)c(CC(=O)O)c1. The molecule has 0 saturated carbocycles. The second-order valence-electron chi connectivity index (χ2n) is 3.49. The lowest BCUT2D eigenvalue weighted by molar-refractivity contribution is -0.275. The number of ether oxygens (including phenoxy) is 1. The van der Waals surface area contributed by atoms with E-state index in [1.807, 2.05) is 0 Å². The monoisotopic (exact) mass is 293 g/mol. The summed E-state index contributed by atoms with van der Waals surface area (Å²) in [5.41, 5.74) is -0.324. The highest BCUT2D eigenvalue weighted by Gasteiger charge is 2.33. The molecule has 0 aliphatic heterocycles. The van der Waals surface area contributed by atoms with Crippen LogP contribution in [-0.2, 0) is 17.1 Å². The molecule has 8 heteroatoms. The average Bonchev–Trinajstić information content (AvgIpc) is 2.28. The van der Waals surface area contributed by atoms with Gasteiger partial charge >= 0.3 is 12.3 Å². The Morgan fingerprint density at radius 2 is 2.00 bits per heavy atom. The molecule has 0 aromatic heterocycles. The normalized spacial score (nSPS) is 10.9. The molecule has 0 radical (unpaired) electrons. The molecule has 0 unspecified atom stereocenters. The van der Waals surface area contributed by atoms with Gasteiger partial charge in [0.15, 0.2) is 0 Å². The molecule has 0 amide bonds. The Morgan fingerprint density at radius 3 is 2.42 bits per heavy atom. The van der Waals surface area contributed by atoms with Crippen molar-refractivity contribution in [2.45, 2.75) is 18.7 Å². The maximum atomic E-state index is 12.3. The molecule has 1 aromatic carbocycles. The lowest BCUT2D eigenvalue weighted by atomic mass is 10.0. The molecule has 1 rings (SSSR count). The summed E-state index contributed by atoms with van der Waals surface area (Å²) in [7, 11) is 0. The summed E-state index contributed by atoms with van der Waals surface area (Å²) < 4.78 is 40.6. The number of nitrogens with zero attached hydrogens (tertiary/aromatic N) is 1. The molecule has 1 N–H and O–H groups in total. The predicted octanol–water partition coefficient (Wildman–Crippen LogP) is 2.82.